The van der Waals surface area contributed by atoms with Crippen LogP contribution in [-0.4, -0.2) is 40.4 Å². The topological polar surface area (TPSA) is 69.0 Å². The van der Waals surface area contributed by atoms with Gasteiger partial charge in [0.15, 0.2) is 5.82 Å². The number of alkyl halides is 3. The van der Waals surface area contributed by atoms with Crippen molar-refractivity contribution < 1.29 is 22.7 Å². The predicted molar refractivity (Wildman–Crippen MR) is 79.9 cm³/mol. The van der Waals surface area contributed by atoms with E-state index in [1.165, 1.54) is 24.1 Å². The molecule has 0 aliphatic carbocycles. The molecule has 6 nitrogen and oxygen atoms in total. The summed E-state index contributed by atoms with van der Waals surface area (Å²) in [6.07, 6.45) is -2.37. The minimum absolute atomic E-state index is 0.186. The van der Waals surface area contributed by atoms with Crippen molar-refractivity contribution in [3.8, 4) is 5.82 Å². The molecule has 0 aliphatic heterocycles. The fourth-order valence-corrected chi connectivity index (χ4v) is 2.14. The summed E-state index contributed by atoms with van der Waals surface area (Å²) in [7, 11) is 1.53. The van der Waals surface area contributed by atoms with Crippen molar-refractivity contribution in [1.82, 2.24) is 20.1 Å². The van der Waals surface area contributed by atoms with Crippen molar-refractivity contribution in [3.63, 3.8) is 0 Å². The Morgan fingerprint density at radius 3 is 2.62 bits per heavy atom. The summed E-state index contributed by atoms with van der Waals surface area (Å²) in [6, 6.07) is 1.94. The monoisotopic (exact) mass is 342 g/mol. The molecule has 2 aromatic rings. The van der Waals surface area contributed by atoms with Gasteiger partial charge in [-0.3, -0.25) is 4.79 Å². The number of carbonyl (C=O) groups is 1. The molecule has 1 unspecified atom stereocenters. The van der Waals surface area contributed by atoms with E-state index in [4.69, 9.17) is 4.74 Å². The van der Waals surface area contributed by atoms with Crippen LogP contribution in [0.2, 0.25) is 0 Å². The fourth-order valence-electron chi connectivity index (χ4n) is 2.14. The second kappa shape index (κ2) is 7.00. The number of nitrogens with one attached hydrogen (secondary N) is 1. The summed E-state index contributed by atoms with van der Waals surface area (Å²) < 4.78 is 44.0. The quantitative estimate of drug-likeness (QED) is 0.906. The van der Waals surface area contributed by atoms with Crippen LogP contribution in [0.5, 0.6) is 0 Å². The van der Waals surface area contributed by atoms with Crippen LogP contribution in [0.15, 0.2) is 24.5 Å². The molecular formula is C15H17F3N4O2. The fraction of sp³-hybridized carbons (Fsp3) is 0.400. The molecule has 0 aliphatic rings. The molecule has 1 atom stereocenters. The van der Waals surface area contributed by atoms with Crippen LogP contribution in [-0.2, 0) is 10.9 Å². The Hall–Kier alpha value is -2.42. The summed E-state index contributed by atoms with van der Waals surface area (Å²) in [5.74, 6) is -0.139. The number of rotatable bonds is 5. The van der Waals surface area contributed by atoms with E-state index in [-0.39, 0.29) is 17.8 Å². The molecule has 0 aromatic carbocycles. The third-order valence-corrected chi connectivity index (χ3v) is 3.34. The number of aromatic nitrogens is 3. The van der Waals surface area contributed by atoms with E-state index in [2.05, 4.69) is 15.4 Å². The largest absolute Gasteiger partial charge is 0.417 e. The smallest absolute Gasteiger partial charge is 0.383 e. The zero-order valence-corrected chi connectivity index (χ0v) is 13.4. The first-order valence-corrected chi connectivity index (χ1v) is 7.12. The van der Waals surface area contributed by atoms with Gasteiger partial charge in [0, 0.05) is 19.3 Å². The molecule has 1 N–H and O–H groups in total. The average Bonchev–Trinajstić information content (AvgIpc) is 2.88. The van der Waals surface area contributed by atoms with E-state index in [1.807, 2.05) is 0 Å². The zero-order valence-electron chi connectivity index (χ0n) is 13.4. The van der Waals surface area contributed by atoms with E-state index in [1.54, 1.807) is 13.8 Å². The zero-order chi connectivity index (χ0) is 17.9. The number of pyridine rings is 1. The molecule has 0 saturated heterocycles. The molecule has 2 aromatic heterocycles. The van der Waals surface area contributed by atoms with Crippen molar-refractivity contribution in [2.45, 2.75) is 26.1 Å². The lowest BCUT2D eigenvalue weighted by atomic mass is 10.2. The van der Waals surface area contributed by atoms with Crippen molar-refractivity contribution in [3.05, 3.63) is 41.3 Å². The lowest BCUT2D eigenvalue weighted by Crippen LogP contribution is -2.35. The SMILES string of the molecule is COCC(C)NC(=O)c1cnn(-c2ccc(C(F)(F)F)cn2)c1C. The van der Waals surface area contributed by atoms with Gasteiger partial charge < -0.3 is 10.1 Å². The number of hydrogen-bond acceptors (Lipinski definition) is 4. The molecule has 1 amide bonds. The molecule has 2 rings (SSSR count). The summed E-state index contributed by atoms with van der Waals surface area (Å²) in [5, 5.41) is 6.78. The van der Waals surface area contributed by atoms with Gasteiger partial charge in [0.05, 0.1) is 29.6 Å². The van der Waals surface area contributed by atoms with Gasteiger partial charge in [-0.05, 0) is 26.0 Å². The number of ether oxygens (including phenoxy) is 1. The predicted octanol–water partition coefficient (Wildman–Crippen LogP) is 2.36. The number of hydrogen-bond donors (Lipinski definition) is 1. The number of halogens is 3. The van der Waals surface area contributed by atoms with Crippen LogP contribution < -0.4 is 5.32 Å². The normalized spacial score (nSPS) is 12.9. The molecule has 2 heterocycles. The lowest BCUT2D eigenvalue weighted by molar-refractivity contribution is -0.137. The van der Waals surface area contributed by atoms with Gasteiger partial charge in [0.2, 0.25) is 0 Å². The Bertz CT molecular complexity index is 710. The van der Waals surface area contributed by atoms with Crippen molar-refractivity contribution in [2.24, 2.45) is 0 Å². The Kier molecular flexibility index (Phi) is 5.23. The number of nitrogens with zero attached hydrogens (tertiary/aromatic N) is 3. The molecule has 130 valence electrons. The van der Waals surface area contributed by atoms with E-state index >= 15 is 0 Å². The Morgan fingerprint density at radius 1 is 1.38 bits per heavy atom. The lowest BCUT2D eigenvalue weighted by Gasteiger charge is -2.12. The first-order chi connectivity index (χ1) is 11.2. The number of methoxy groups -OCH3 is 1. The van der Waals surface area contributed by atoms with Gasteiger partial charge in [-0.25, -0.2) is 9.67 Å². The van der Waals surface area contributed by atoms with E-state index < -0.39 is 11.7 Å². The first-order valence-electron chi connectivity index (χ1n) is 7.12. The minimum atomic E-state index is -4.45. The van der Waals surface area contributed by atoms with Gasteiger partial charge in [-0.1, -0.05) is 0 Å². The molecule has 9 heteroatoms. The summed E-state index contributed by atoms with van der Waals surface area (Å²) in [4.78, 5) is 16.0. The minimum Gasteiger partial charge on any atom is -0.383 e. The third-order valence-electron chi connectivity index (χ3n) is 3.34. The highest BCUT2D eigenvalue weighted by Crippen LogP contribution is 2.28. The van der Waals surface area contributed by atoms with Crippen LogP contribution >= 0.6 is 0 Å². The molecule has 0 fully saturated rings. The summed E-state index contributed by atoms with van der Waals surface area (Å²) in [6.45, 7) is 3.79. The van der Waals surface area contributed by atoms with Gasteiger partial charge >= 0.3 is 6.18 Å². The number of amides is 1. The van der Waals surface area contributed by atoms with Gasteiger partial charge in [-0.2, -0.15) is 18.3 Å². The van der Waals surface area contributed by atoms with Crippen LogP contribution in [0, 0.1) is 6.92 Å². The second-order valence-electron chi connectivity index (χ2n) is 5.29. The van der Waals surface area contributed by atoms with E-state index in [0.29, 0.717) is 17.9 Å². The van der Waals surface area contributed by atoms with Gasteiger partial charge in [0.1, 0.15) is 0 Å². The molecular weight excluding hydrogens is 325 g/mol. The maximum absolute atomic E-state index is 12.6. The van der Waals surface area contributed by atoms with E-state index in [9.17, 15) is 18.0 Å². The molecule has 0 bridgehead atoms. The molecule has 24 heavy (non-hydrogen) atoms. The van der Waals surface area contributed by atoms with Crippen LogP contribution in [0.25, 0.3) is 5.82 Å². The van der Waals surface area contributed by atoms with Gasteiger partial charge in [-0.15, -0.1) is 0 Å². The summed E-state index contributed by atoms with van der Waals surface area (Å²) >= 11 is 0. The first kappa shape index (κ1) is 17.9. The molecule has 0 radical (unpaired) electrons. The van der Waals surface area contributed by atoms with Crippen molar-refractivity contribution in [2.75, 3.05) is 13.7 Å². The number of carbonyl (C=O) groups excluding carboxylic acids is 1. The highest BCUT2D eigenvalue weighted by Gasteiger charge is 2.30. The Morgan fingerprint density at radius 2 is 2.08 bits per heavy atom. The molecule has 0 saturated carbocycles. The maximum Gasteiger partial charge on any atom is 0.417 e. The Labute approximate surface area is 136 Å². The van der Waals surface area contributed by atoms with E-state index in [0.717, 1.165) is 12.3 Å². The highest BCUT2D eigenvalue weighted by atomic mass is 19.4. The highest BCUT2D eigenvalue weighted by molar-refractivity contribution is 5.95. The third kappa shape index (κ3) is 3.91. The average molecular weight is 342 g/mol. The van der Waals surface area contributed by atoms with Crippen LogP contribution in [0.3, 0.4) is 0 Å². The van der Waals surface area contributed by atoms with Crippen molar-refractivity contribution >= 4 is 5.91 Å². The maximum atomic E-state index is 12.6. The van der Waals surface area contributed by atoms with Crippen LogP contribution in [0.4, 0.5) is 13.2 Å². The van der Waals surface area contributed by atoms with Gasteiger partial charge in [0.25, 0.3) is 5.91 Å². The summed E-state index contributed by atoms with van der Waals surface area (Å²) in [5.41, 5.74) is -0.0496. The van der Waals surface area contributed by atoms with Crippen LogP contribution in [0.1, 0.15) is 28.5 Å². The molecule has 0 spiro atoms. The second-order valence-corrected chi connectivity index (χ2v) is 5.29. The van der Waals surface area contributed by atoms with Crippen molar-refractivity contribution in [1.29, 1.82) is 0 Å². The standard InChI is InChI=1S/C15H17F3N4O2/c1-9(8-24-3)21-14(23)12-7-20-22(10(12)2)13-5-4-11(6-19-13)15(16,17)18/h4-7,9H,8H2,1-3H3,(H,21,23). The Balaban J connectivity index is 2.22.